The predicted octanol–water partition coefficient (Wildman–Crippen LogP) is 2.45. The minimum atomic E-state index is 0.511. The molecule has 0 aliphatic carbocycles. The first-order valence-electron chi connectivity index (χ1n) is 6.01. The molecule has 19 heavy (non-hydrogen) atoms. The second-order valence-electron chi connectivity index (χ2n) is 4.37. The largest absolute Gasteiger partial charge is 0.497 e. The van der Waals surface area contributed by atoms with Crippen LogP contribution < -0.4 is 15.4 Å². The molecule has 2 aromatic rings. The Balaban J connectivity index is 2.46. The van der Waals surface area contributed by atoms with Gasteiger partial charge in [-0.2, -0.15) is 0 Å². The quantitative estimate of drug-likeness (QED) is 0.916. The number of rotatable bonds is 3. The molecule has 5 heteroatoms. The number of hydrogen-bond acceptors (Lipinski definition) is 5. The summed E-state index contributed by atoms with van der Waals surface area (Å²) in [6, 6.07) is 7.80. The lowest BCUT2D eigenvalue weighted by Crippen LogP contribution is -2.15. The van der Waals surface area contributed by atoms with Crippen molar-refractivity contribution in [1.29, 1.82) is 0 Å². The second-order valence-corrected chi connectivity index (χ2v) is 4.37. The summed E-state index contributed by atoms with van der Waals surface area (Å²) < 4.78 is 5.23. The van der Waals surface area contributed by atoms with Crippen LogP contribution in [0.4, 0.5) is 17.3 Å². The molecule has 0 saturated carbocycles. The van der Waals surface area contributed by atoms with E-state index < -0.39 is 0 Å². The highest BCUT2D eigenvalue weighted by Gasteiger charge is 2.13. The van der Waals surface area contributed by atoms with Gasteiger partial charge in [0, 0.05) is 24.4 Å². The molecular weight excluding hydrogens is 240 g/mol. The van der Waals surface area contributed by atoms with Crippen LogP contribution in [-0.2, 0) is 0 Å². The highest BCUT2D eigenvalue weighted by molar-refractivity contribution is 5.66. The lowest BCUT2D eigenvalue weighted by Gasteiger charge is -2.21. The van der Waals surface area contributed by atoms with E-state index in [9.17, 15) is 0 Å². The first-order valence-corrected chi connectivity index (χ1v) is 6.01. The van der Waals surface area contributed by atoms with Gasteiger partial charge >= 0.3 is 0 Å². The normalized spacial score (nSPS) is 10.3. The van der Waals surface area contributed by atoms with Crippen LogP contribution in [-0.4, -0.2) is 24.1 Å². The van der Waals surface area contributed by atoms with Crippen LogP contribution in [0.1, 0.15) is 11.4 Å². The fraction of sp³-hybridized carbons (Fsp3) is 0.286. The van der Waals surface area contributed by atoms with Crippen molar-refractivity contribution >= 4 is 17.3 Å². The Morgan fingerprint density at radius 1 is 1.21 bits per heavy atom. The van der Waals surface area contributed by atoms with E-state index in [4.69, 9.17) is 10.5 Å². The number of nitrogens with two attached hydrogens (primary N) is 1. The molecule has 0 bridgehead atoms. The van der Waals surface area contributed by atoms with Crippen molar-refractivity contribution in [2.75, 3.05) is 24.8 Å². The number of aryl methyl sites for hydroxylation is 1. The summed E-state index contributed by atoms with van der Waals surface area (Å²) in [5.74, 6) is 2.78. The van der Waals surface area contributed by atoms with Gasteiger partial charge in [-0.1, -0.05) is 6.07 Å². The van der Waals surface area contributed by atoms with Crippen molar-refractivity contribution in [3.05, 3.63) is 35.7 Å². The van der Waals surface area contributed by atoms with E-state index in [1.165, 1.54) is 0 Å². The number of aromatic nitrogens is 2. The molecular formula is C14H18N4O. The average Bonchev–Trinajstić information content (AvgIpc) is 2.42. The first kappa shape index (κ1) is 13.1. The molecule has 0 aliphatic rings. The first-order chi connectivity index (χ1) is 9.02. The molecule has 0 aliphatic heterocycles. The van der Waals surface area contributed by atoms with Gasteiger partial charge in [0.2, 0.25) is 0 Å². The van der Waals surface area contributed by atoms with Crippen LogP contribution in [0.2, 0.25) is 0 Å². The standard InChI is InChI=1S/C14H18N4O/c1-9-13(15)16-10(2)17-14(9)18(3)11-6-5-7-12(8-11)19-4/h5-8H,1-4H3,(H2,15,16,17). The Bertz CT molecular complexity index is 598. The maximum Gasteiger partial charge on any atom is 0.141 e. The Morgan fingerprint density at radius 3 is 2.63 bits per heavy atom. The maximum absolute atomic E-state index is 5.89. The minimum Gasteiger partial charge on any atom is -0.497 e. The molecule has 1 heterocycles. The Kier molecular flexibility index (Phi) is 3.55. The molecule has 1 aromatic carbocycles. The van der Waals surface area contributed by atoms with Gasteiger partial charge in [-0.15, -0.1) is 0 Å². The highest BCUT2D eigenvalue weighted by atomic mass is 16.5. The van der Waals surface area contributed by atoms with Crippen LogP contribution in [0, 0.1) is 13.8 Å². The van der Waals surface area contributed by atoms with Gasteiger partial charge in [0.05, 0.1) is 7.11 Å². The molecule has 0 radical (unpaired) electrons. The Morgan fingerprint density at radius 2 is 1.95 bits per heavy atom. The smallest absolute Gasteiger partial charge is 0.141 e. The van der Waals surface area contributed by atoms with Gasteiger partial charge < -0.3 is 15.4 Å². The van der Waals surface area contributed by atoms with E-state index in [0.29, 0.717) is 11.6 Å². The van der Waals surface area contributed by atoms with Crippen LogP contribution in [0.25, 0.3) is 0 Å². The zero-order valence-corrected chi connectivity index (χ0v) is 11.6. The Hall–Kier alpha value is -2.30. The van der Waals surface area contributed by atoms with Gasteiger partial charge in [-0.3, -0.25) is 0 Å². The van der Waals surface area contributed by atoms with Gasteiger partial charge in [0.1, 0.15) is 23.2 Å². The molecule has 0 unspecified atom stereocenters. The molecule has 1 aromatic heterocycles. The van der Waals surface area contributed by atoms with E-state index in [2.05, 4.69) is 9.97 Å². The third-order valence-electron chi connectivity index (χ3n) is 3.03. The molecule has 5 nitrogen and oxygen atoms in total. The number of ether oxygens (including phenoxy) is 1. The number of benzene rings is 1. The zero-order valence-electron chi connectivity index (χ0n) is 11.6. The van der Waals surface area contributed by atoms with Gasteiger partial charge in [-0.25, -0.2) is 9.97 Å². The maximum atomic E-state index is 5.89. The van der Waals surface area contributed by atoms with Crippen molar-refractivity contribution in [2.24, 2.45) is 0 Å². The summed E-state index contributed by atoms with van der Waals surface area (Å²) in [6.45, 7) is 3.75. The van der Waals surface area contributed by atoms with E-state index in [1.54, 1.807) is 7.11 Å². The van der Waals surface area contributed by atoms with Gasteiger partial charge in [-0.05, 0) is 26.0 Å². The molecule has 100 valence electrons. The summed E-state index contributed by atoms with van der Waals surface area (Å²) in [5, 5.41) is 0. The van der Waals surface area contributed by atoms with Gasteiger partial charge in [0.15, 0.2) is 0 Å². The van der Waals surface area contributed by atoms with Crippen LogP contribution >= 0.6 is 0 Å². The molecule has 0 atom stereocenters. The number of hydrogen-bond donors (Lipinski definition) is 1. The van der Waals surface area contributed by atoms with Crippen molar-refractivity contribution in [3.8, 4) is 5.75 Å². The summed E-state index contributed by atoms with van der Waals surface area (Å²) in [7, 11) is 3.60. The zero-order chi connectivity index (χ0) is 14.0. The second kappa shape index (κ2) is 5.14. The minimum absolute atomic E-state index is 0.511. The van der Waals surface area contributed by atoms with Crippen molar-refractivity contribution in [2.45, 2.75) is 13.8 Å². The fourth-order valence-corrected chi connectivity index (χ4v) is 1.90. The molecule has 0 fully saturated rings. The van der Waals surface area contributed by atoms with Crippen LogP contribution in [0.5, 0.6) is 5.75 Å². The third kappa shape index (κ3) is 2.59. The summed E-state index contributed by atoms with van der Waals surface area (Å²) >= 11 is 0. The molecule has 0 spiro atoms. The lowest BCUT2D eigenvalue weighted by atomic mass is 10.2. The van der Waals surface area contributed by atoms with Crippen molar-refractivity contribution in [3.63, 3.8) is 0 Å². The molecule has 0 amide bonds. The van der Waals surface area contributed by atoms with Crippen molar-refractivity contribution < 1.29 is 4.74 Å². The summed E-state index contributed by atoms with van der Waals surface area (Å²) in [6.07, 6.45) is 0. The number of nitrogen functional groups attached to an aromatic ring is 1. The number of nitrogens with zero attached hydrogens (tertiary/aromatic N) is 3. The monoisotopic (exact) mass is 258 g/mol. The average molecular weight is 258 g/mol. The van der Waals surface area contributed by atoms with E-state index in [-0.39, 0.29) is 0 Å². The number of anilines is 3. The fourth-order valence-electron chi connectivity index (χ4n) is 1.90. The summed E-state index contributed by atoms with van der Waals surface area (Å²) in [5.41, 5.74) is 7.75. The highest BCUT2D eigenvalue weighted by Crippen LogP contribution is 2.29. The van der Waals surface area contributed by atoms with E-state index >= 15 is 0 Å². The SMILES string of the molecule is COc1cccc(N(C)c2nc(C)nc(N)c2C)c1. The van der Waals surface area contributed by atoms with Crippen LogP contribution in [0.15, 0.2) is 24.3 Å². The summed E-state index contributed by atoms with van der Waals surface area (Å²) in [4.78, 5) is 10.6. The van der Waals surface area contributed by atoms with E-state index in [0.717, 1.165) is 22.8 Å². The van der Waals surface area contributed by atoms with Gasteiger partial charge in [0.25, 0.3) is 0 Å². The number of methoxy groups -OCH3 is 1. The lowest BCUT2D eigenvalue weighted by molar-refractivity contribution is 0.415. The Labute approximate surface area is 113 Å². The molecule has 0 saturated heterocycles. The van der Waals surface area contributed by atoms with Crippen molar-refractivity contribution in [1.82, 2.24) is 9.97 Å². The van der Waals surface area contributed by atoms with E-state index in [1.807, 2.05) is 50.1 Å². The van der Waals surface area contributed by atoms with Crippen LogP contribution in [0.3, 0.4) is 0 Å². The topological polar surface area (TPSA) is 64.3 Å². The molecule has 2 N–H and O–H groups in total. The third-order valence-corrected chi connectivity index (χ3v) is 3.03. The predicted molar refractivity (Wildman–Crippen MR) is 77.0 cm³/mol. The molecule has 2 rings (SSSR count).